The Kier molecular flexibility index (Phi) is 9.85. The highest BCUT2D eigenvalue weighted by molar-refractivity contribution is 5.85. The summed E-state index contributed by atoms with van der Waals surface area (Å²) >= 11 is 0. The zero-order chi connectivity index (χ0) is 17.2. The summed E-state index contributed by atoms with van der Waals surface area (Å²) in [6, 6.07) is 20.3. The van der Waals surface area contributed by atoms with E-state index >= 15 is 0 Å². The molecule has 0 saturated carbocycles. The van der Waals surface area contributed by atoms with E-state index in [1.807, 2.05) is 55.5 Å². The van der Waals surface area contributed by atoms with E-state index < -0.39 is 0 Å². The first-order valence-corrected chi connectivity index (χ1v) is 8.49. The fourth-order valence-corrected chi connectivity index (χ4v) is 2.70. The maximum absolute atomic E-state index is 12.3. The minimum atomic E-state index is 0. The maximum Gasteiger partial charge on any atom is 0.234 e. The summed E-state index contributed by atoms with van der Waals surface area (Å²) in [4.78, 5) is 14.4. The lowest BCUT2D eigenvalue weighted by Gasteiger charge is -2.22. The van der Waals surface area contributed by atoms with Crippen molar-refractivity contribution < 1.29 is 4.79 Å². The number of hydrogen-bond donors (Lipinski definition) is 2. The smallest absolute Gasteiger partial charge is 0.234 e. The molecule has 2 aromatic rings. The monoisotopic (exact) mass is 361 g/mol. The molecular formula is C20H28ClN3O. The fourth-order valence-electron chi connectivity index (χ4n) is 2.70. The number of rotatable bonds is 9. The molecule has 0 fully saturated rings. The van der Waals surface area contributed by atoms with Crippen molar-refractivity contribution in [3.63, 3.8) is 0 Å². The molecule has 2 aromatic carbocycles. The van der Waals surface area contributed by atoms with Crippen molar-refractivity contribution >= 4 is 18.3 Å². The van der Waals surface area contributed by atoms with Crippen molar-refractivity contribution in [1.82, 2.24) is 10.2 Å². The Labute approximate surface area is 156 Å². The number of hydrogen-bond acceptors (Lipinski definition) is 3. The molecule has 0 aliphatic heterocycles. The molecule has 0 bridgehead atoms. The third kappa shape index (κ3) is 7.69. The molecule has 25 heavy (non-hydrogen) atoms. The lowest BCUT2D eigenvalue weighted by molar-refractivity contribution is -0.122. The molecule has 0 aliphatic rings. The van der Waals surface area contributed by atoms with E-state index in [-0.39, 0.29) is 24.4 Å². The van der Waals surface area contributed by atoms with E-state index in [9.17, 15) is 4.79 Å². The van der Waals surface area contributed by atoms with Crippen LogP contribution in [0.1, 0.15) is 24.1 Å². The number of nitrogens with two attached hydrogens (primary N) is 1. The molecule has 0 saturated heterocycles. The van der Waals surface area contributed by atoms with Gasteiger partial charge < -0.3 is 11.1 Å². The third-order valence-electron chi connectivity index (χ3n) is 4.05. The van der Waals surface area contributed by atoms with Crippen molar-refractivity contribution in [1.29, 1.82) is 0 Å². The minimum Gasteiger partial charge on any atom is -0.348 e. The van der Waals surface area contributed by atoms with Gasteiger partial charge in [0.2, 0.25) is 5.91 Å². The SMILES string of the molecule is CC(NC(=O)CN(CCN)CCc1ccccc1)c1ccccc1.Cl. The van der Waals surface area contributed by atoms with Crippen LogP contribution in [0.4, 0.5) is 0 Å². The molecule has 2 rings (SSSR count). The molecule has 0 radical (unpaired) electrons. The maximum atomic E-state index is 12.3. The highest BCUT2D eigenvalue weighted by atomic mass is 35.5. The van der Waals surface area contributed by atoms with Crippen LogP contribution in [0.2, 0.25) is 0 Å². The summed E-state index contributed by atoms with van der Waals surface area (Å²) in [5, 5.41) is 3.06. The molecule has 0 heterocycles. The van der Waals surface area contributed by atoms with Gasteiger partial charge in [-0.2, -0.15) is 0 Å². The van der Waals surface area contributed by atoms with Gasteiger partial charge in [0, 0.05) is 19.6 Å². The molecule has 1 amide bonds. The van der Waals surface area contributed by atoms with E-state index in [0.717, 1.165) is 25.1 Å². The van der Waals surface area contributed by atoms with Crippen LogP contribution in [0.25, 0.3) is 0 Å². The second-order valence-electron chi connectivity index (χ2n) is 6.00. The Morgan fingerprint density at radius 1 is 1.04 bits per heavy atom. The highest BCUT2D eigenvalue weighted by Crippen LogP contribution is 2.11. The van der Waals surface area contributed by atoms with Crippen LogP contribution in [0.5, 0.6) is 0 Å². The number of carbonyl (C=O) groups is 1. The van der Waals surface area contributed by atoms with Gasteiger partial charge in [-0.3, -0.25) is 9.69 Å². The van der Waals surface area contributed by atoms with Gasteiger partial charge in [0.1, 0.15) is 0 Å². The van der Waals surface area contributed by atoms with Gasteiger partial charge in [-0.1, -0.05) is 60.7 Å². The number of carbonyl (C=O) groups excluding carboxylic acids is 1. The van der Waals surface area contributed by atoms with Crippen molar-refractivity contribution in [3.8, 4) is 0 Å². The van der Waals surface area contributed by atoms with Gasteiger partial charge in [0.15, 0.2) is 0 Å². The number of amides is 1. The van der Waals surface area contributed by atoms with Crippen molar-refractivity contribution in [3.05, 3.63) is 71.8 Å². The van der Waals surface area contributed by atoms with Crippen molar-refractivity contribution in [2.24, 2.45) is 5.73 Å². The van der Waals surface area contributed by atoms with Gasteiger partial charge >= 0.3 is 0 Å². The molecule has 0 aliphatic carbocycles. The molecular weight excluding hydrogens is 334 g/mol. The lowest BCUT2D eigenvalue weighted by atomic mass is 10.1. The molecule has 0 aromatic heterocycles. The number of benzene rings is 2. The second-order valence-corrected chi connectivity index (χ2v) is 6.00. The predicted molar refractivity (Wildman–Crippen MR) is 106 cm³/mol. The van der Waals surface area contributed by atoms with Gasteiger partial charge in [-0.05, 0) is 24.5 Å². The predicted octanol–water partition coefficient (Wildman–Crippen LogP) is 2.79. The highest BCUT2D eigenvalue weighted by Gasteiger charge is 2.13. The standard InChI is InChI=1S/C20H27N3O.ClH/c1-17(19-10-6-3-7-11-19)22-20(24)16-23(15-13-21)14-12-18-8-4-2-5-9-18;/h2-11,17H,12-16,21H2,1H3,(H,22,24);1H. The summed E-state index contributed by atoms with van der Waals surface area (Å²) in [5.41, 5.74) is 8.08. The average Bonchev–Trinajstić information content (AvgIpc) is 2.61. The normalized spacial score (nSPS) is 11.6. The number of nitrogens with zero attached hydrogens (tertiary/aromatic N) is 1. The molecule has 1 unspecified atom stereocenters. The van der Waals surface area contributed by atoms with Crippen LogP contribution < -0.4 is 11.1 Å². The second kappa shape index (κ2) is 11.6. The van der Waals surface area contributed by atoms with E-state index in [2.05, 4.69) is 22.3 Å². The average molecular weight is 362 g/mol. The zero-order valence-electron chi connectivity index (χ0n) is 14.7. The Morgan fingerprint density at radius 2 is 1.64 bits per heavy atom. The van der Waals surface area contributed by atoms with E-state index in [4.69, 9.17) is 5.73 Å². The van der Waals surface area contributed by atoms with Gasteiger partial charge in [0.25, 0.3) is 0 Å². The molecule has 3 N–H and O–H groups in total. The fraction of sp³-hybridized carbons (Fsp3) is 0.350. The molecule has 0 spiro atoms. The third-order valence-corrected chi connectivity index (χ3v) is 4.05. The Morgan fingerprint density at radius 3 is 2.24 bits per heavy atom. The largest absolute Gasteiger partial charge is 0.348 e. The van der Waals surface area contributed by atoms with Crippen LogP contribution in [-0.2, 0) is 11.2 Å². The quantitative estimate of drug-likeness (QED) is 0.722. The van der Waals surface area contributed by atoms with E-state index in [0.29, 0.717) is 13.1 Å². The summed E-state index contributed by atoms with van der Waals surface area (Å²) in [6.45, 7) is 4.48. The lowest BCUT2D eigenvalue weighted by Crippen LogP contribution is -2.41. The van der Waals surface area contributed by atoms with Gasteiger partial charge in [-0.25, -0.2) is 0 Å². The first-order chi connectivity index (χ1) is 11.7. The molecule has 136 valence electrons. The van der Waals surface area contributed by atoms with Crippen LogP contribution in [0.3, 0.4) is 0 Å². The van der Waals surface area contributed by atoms with Gasteiger partial charge in [-0.15, -0.1) is 12.4 Å². The Balaban J connectivity index is 0.00000312. The summed E-state index contributed by atoms with van der Waals surface area (Å²) in [5.74, 6) is 0.0351. The van der Waals surface area contributed by atoms with Crippen LogP contribution >= 0.6 is 12.4 Å². The summed E-state index contributed by atoms with van der Waals surface area (Å²) < 4.78 is 0. The first-order valence-electron chi connectivity index (χ1n) is 8.49. The topological polar surface area (TPSA) is 58.4 Å². The Bertz CT molecular complexity index is 607. The van der Waals surface area contributed by atoms with Crippen LogP contribution in [-0.4, -0.2) is 37.0 Å². The zero-order valence-corrected chi connectivity index (χ0v) is 15.5. The molecule has 4 nitrogen and oxygen atoms in total. The molecule has 1 atom stereocenters. The number of nitrogens with one attached hydrogen (secondary N) is 1. The summed E-state index contributed by atoms with van der Waals surface area (Å²) in [6.07, 6.45) is 0.919. The van der Waals surface area contributed by atoms with Crippen LogP contribution in [0.15, 0.2) is 60.7 Å². The number of halogens is 1. The first kappa shape index (κ1) is 21.2. The van der Waals surface area contributed by atoms with Crippen LogP contribution in [0, 0.1) is 0 Å². The minimum absolute atomic E-state index is 0. The summed E-state index contributed by atoms with van der Waals surface area (Å²) in [7, 11) is 0. The van der Waals surface area contributed by atoms with Crippen molar-refractivity contribution in [2.45, 2.75) is 19.4 Å². The van der Waals surface area contributed by atoms with Crippen molar-refractivity contribution in [2.75, 3.05) is 26.2 Å². The van der Waals surface area contributed by atoms with E-state index in [1.165, 1.54) is 5.56 Å². The van der Waals surface area contributed by atoms with Gasteiger partial charge in [0.05, 0.1) is 12.6 Å². The van der Waals surface area contributed by atoms with E-state index in [1.54, 1.807) is 0 Å². The molecule has 5 heteroatoms. The Hall–Kier alpha value is -1.88.